The summed E-state index contributed by atoms with van der Waals surface area (Å²) in [5, 5.41) is 3.37. The lowest BCUT2D eigenvalue weighted by Gasteiger charge is -2.35. The van der Waals surface area contributed by atoms with Gasteiger partial charge in [-0.1, -0.05) is 12.7 Å². The smallest absolute Gasteiger partial charge is 0.101 e. The maximum absolute atomic E-state index is 3.74. The van der Waals surface area contributed by atoms with Gasteiger partial charge in [0.15, 0.2) is 0 Å². The molecule has 1 aliphatic heterocycles. The number of hydrogen-bond acceptors (Lipinski definition) is 3. The van der Waals surface area contributed by atoms with Crippen molar-refractivity contribution >= 4 is 0 Å². The van der Waals surface area contributed by atoms with E-state index in [9.17, 15) is 0 Å². The first-order valence-corrected chi connectivity index (χ1v) is 5.28. The van der Waals surface area contributed by atoms with E-state index < -0.39 is 0 Å². The Kier molecular flexibility index (Phi) is 4.53. The third-order valence-corrected chi connectivity index (χ3v) is 2.48. The highest BCUT2D eigenvalue weighted by atomic mass is 15.3. The topological polar surface area (TPSA) is 18.5 Å². The lowest BCUT2D eigenvalue weighted by molar-refractivity contribution is 0.178. The molecule has 1 rings (SSSR count). The van der Waals surface area contributed by atoms with Crippen molar-refractivity contribution in [3.8, 4) is 0 Å². The maximum atomic E-state index is 3.74. The second kappa shape index (κ2) is 5.70. The minimum Gasteiger partial charge on any atom is -0.372 e. The van der Waals surface area contributed by atoms with Crippen molar-refractivity contribution in [2.75, 3.05) is 39.8 Å². The summed E-state index contributed by atoms with van der Waals surface area (Å²) < 4.78 is 0. The molecule has 0 aromatic carbocycles. The molecule has 0 saturated carbocycles. The van der Waals surface area contributed by atoms with Crippen LogP contribution in [0.15, 0.2) is 24.6 Å². The first-order chi connectivity index (χ1) is 6.77. The Balaban J connectivity index is 2.51. The zero-order chi connectivity index (χ0) is 10.4. The summed E-state index contributed by atoms with van der Waals surface area (Å²) in [5.41, 5.74) is 0. The lowest BCUT2D eigenvalue weighted by Crippen LogP contribution is -2.46. The molecule has 80 valence electrons. The molecule has 14 heavy (non-hydrogen) atoms. The van der Waals surface area contributed by atoms with Gasteiger partial charge in [0, 0.05) is 32.7 Å². The van der Waals surface area contributed by atoms with Crippen molar-refractivity contribution in [1.82, 2.24) is 15.1 Å². The monoisotopic (exact) mass is 195 g/mol. The van der Waals surface area contributed by atoms with Crippen molar-refractivity contribution in [2.45, 2.75) is 6.92 Å². The van der Waals surface area contributed by atoms with Gasteiger partial charge < -0.3 is 15.1 Å². The zero-order valence-corrected chi connectivity index (χ0v) is 9.29. The molecule has 1 saturated heterocycles. The van der Waals surface area contributed by atoms with Crippen LogP contribution in [0.25, 0.3) is 0 Å². The first kappa shape index (κ1) is 11.1. The largest absolute Gasteiger partial charge is 0.372 e. The standard InChI is InChI=1S/C11H21N3/c1-4-6-11(12-5-2)14-9-7-13(3)8-10-14/h4,6,12H,1,5,7-10H2,2-3H3/b11-6+. The molecule has 3 heteroatoms. The van der Waals surface area contributed by atoms with E-state index in [0.717, 1.165) is 32.7 Å². The van der Waals surface area contributed by atoms with E-state index in [1.807, 2.05) is 6.08 Å². The van der Waals surface area contributed by atoms with Gasteiger partial charge in [-0.2, -0.15) is 0 Å². The summed E-state index contributed by atoms with van der Waals surface area (Å²) in [6.45, 7) is 11.3. The highest BCUT2D eigenvalue weighted by Gasteiger charge is 2.14. The Bertz CT molecular complexity index is 203. The van der Waals surface area contributed by atoms with Crippen LogP contribution in [0.5, 0.6) is 0 Å². The molecule has 0 aliphatic carbocycles. The number of allylic oxidation sites excluding steroid dienone is 2. The van der Waals surface area contributed by atoms with Crippen molar-refractivity contribution in [3.63, 3.8) is 0 Å². The van der Waals surface area contributed by atoms with Crippen molar-refractivity contribution < 1.29 is 0 Å². The van der Waals surface area contributed by atoms with E-state index in [2.05, 4.69) is 41.7 Å². The summed E-state index contributed by atoms with van der Waals surface area (Å²) in [4.78, 5) is 4.74. The Hall–Kier alpha value is -0.960. The van der Waals surface area contributed by atoms with Gasteiger partial charge in [-0.15, -0.1) is 0 Å². The summed E-state index contributed by atoms with van der Waals surface area (Å²) in [7, 11) is 2.17. The molecule has 0 amide bonds. The number of piperazine rings is 1. The number of likely N-dealkylation sites (N-methyl/N-ethyl adjacent to an activating group) is 1. The molecule has 1 heterocycles. The lowest BCUT2D eigenvalue weighted by atomic mass is 10.3. The quantitative estimate of drug-likeness (QED) is 0.672. The minimum absolute atomic E-state index is 0.964. The Morgan fingerprint density at radius 3 is 2.50 bits per heavy atom. The van der Waals surface area contributed by atoms with Gasteiger partial charge in [-0.3, -0.25) is 0 Å². The van der Waals surface area contributed by atoms with Crippen molar-refractivity contribution in [1.29, 1.82) is 0 Å². The second-order valence-corrected chi connectivity index (χ2v) is 3.61. The molecule has 0 aromatic heterocycles. The van der Waals surface area contributed by atoms with Gasteiger partial charge in [-0.05, 0) is 20.0 Å². The van der Waals surface area contributed by atoms with Crippen molar-refractivity contribution in [2.24, 2.45) is 0 Å². The molecule has 1 aliphatic rings. The average Bonchev–Trinajstić information content (AvgIpc) is 2.19. The molecule has 1 N–H and O–H groups in total. The van der Waals surface area contributed by atoms with Crippen LogP contribution in [-0.4, -0.2) is 49.6 Å². The van der Waals surface area contributed by atoms with E-state index in [1.54, 1.807) is 0 Å². The normalized spacial score (nSPS) is 19.6. The van der Waals surface area contributed by atoms with Crippen LogP contribution in [0.4, 0.5) is 0 Å². The number of nitrogens with one attached hydrogen (secondary N) is 1. The van der Waals surface area contributed by atoms with Gasteiger partial charge in [0.25, 0.3) is 0 Å². The summed E-state index contributed by atoms with van der Waals surface area (Å²) >= 11 is 0. The third kappa shape index (κ3) is 3.07. The van der Waals surface area contributed by atoms with Crippen LogP contribution in [0, 0.1) is 0 Å². The van der Waals surface area contributed by atoms with Gasteiger partial charge in [0.2, 0.25) is 0 Å². The molecule has 3 nitrogen and oxygen atoms in total. The fourth-order valence-corrected chi connectivity index (χ4v) is 1.62. The van der Waals surface area contributed by atoms with Crippen LogP contribution in [0.2, 0.25) is 0 Å². The van der Waals surface area contributed by atoms with E-state index in [1.165, 1.54) is 5.82 Å². The molecule has 0 bridgehead atoms. The highest BCUT2D eigenvalue weighted by molar-refractivity contribution is 5.08. The molecule has 0 radical (unpaired) electrons. The number of hydrogen-bond donors (Lipinski definition) is 1. The predicted molar refractivity (Wildman–Crippen MR) is 61.0 cm³/mol. The first-order valence-electron chi connectivity index (χ1n) is 5.28. The molecular weight excluding hydrogens is 174 g/mol. The van der Waals surface area contributed by atoms with Crippen LogP contribution in [0.3, 0.4) is 0 Å². The molecule has 0 aromatic rings. The summed E-state index contributed by atoms with van der Waals surface area (Å²) in [6, 6.07) is 0. The number of nitrogens with zero attached hydrogens (tertiary/aromatic N) is 2. The highest BCUT2D eigenvalue weighted by Crippen LogP contribution is 2.05. The van der Waals surface area contributed by atoms with Gasteiger partial charge >= 0.3 is 0 Å². The molecule has 1 fully saturated rings. The van der Waals surface area contributed by atoms with Gasteiger partial charge in [0.05, 0.1) is 0 Å². The van der Waals surface area contributed by atoms with Gasteiger partial charge in [-0.25, -0.2) is 0 Å². The Labute approximate surface area is 87.1 Å². The molecule has 0 unspecified atom stereocenters. The van der Waals surface area contributed by atoms with Crippen LogP contribution in [-0.2, 0) is 0 Å². The second-order valence-electron chi connectivity index (χ2n) is 3.61. The summed E-state index contributed by atoms with van der Waals surface area (Å²) in [5.74, 6) is 1.20. The number of rotatable bonds is 4. The van der Waals surface area contributed by atoms with Crippen molar-refractivity contribution in [3.05, 3.63) is 24.6 Å². The van der Waals surface area contributed by atoms with E-state index in [4.69, 9.17) is 0 Å². The SMILES string of the molecule is C=C/C=C(\NCC)N1CCN(C)CC1. The summed E-state index contributed by atoms with van der Waals surface area (Å²) in [6.07, 6.45) is 3.89. The van der Waals surface area contributed by atoms with Crippen LogP contribution < -0.4 is 5.32 Å². The molecule has 0 atom stereocenters. The van der Waals surface area contributed by atoms with Gasteiger partial charge in [0.1, 0.15) is 5.82 Å². The fraction of sp³-hybridized carbons (Fsp3) is 0.636. The Morgan fingerprint density at radius 1 is 1.36 bits per heavy atom. The van der Waals surface area contributed by atoms with E-state index in [0.29, 0.717) is 0 Å². The van der Waals surface area contributed by atoms with E-state index >= 15 is 0 Å². The molecule has 0 spiro atoms. The van der Waals surface area contributed by atoms with Crippen LogP contribution in [0.1, 0.15) is 6.92 Å². The zero-order valence-electron chi connectivity index (χ0n) is 9.29. The van der Waals surface area contributed by atoms with E-state index in [-0.39, 0.29) is 0 Å². The minimum atomic E-state index is 0.964. The predicted octanol–water partition coefficient (Wildman–Crippen LogP) is 0.871. The molecular formula is C11H21N3. The third-order valence-electron chi connectivity index (χ3n) is 2.48. The average molecular weight is 195 g/mol. The van der Waals surface area contributed by atoms with Crippen LogP contribution >= 0.6 is 0 Å². The maximum Gasteiger partial charge on any atom is 0.101 e. The Morgan fingerprint density at radius 2 is 2.00 bits per heavy atom. The fourth-order valence-electron chi connectivity index (χ4n) is 1.62.